The van der Waals surface area contributed by atoms with Crippen molar-refractivity contribution >= 4 is 50.7 Å². The summed E-state index contributed by atoms with van der Waals surface area (Å²) in [7, 11) is 4.72. The van der Waals surface area contributed by atoms with E-state index >= 15 is 0 Å². The summed E-state index contributed by atoms with van der Waals surface area (Å²) < 4.78 is 14.0. The van der Waals surface area contributed by atoms with Crippen LogP contribution in [0.4, 0.5) is 5.82 Å². The number of benzene rings is 2. The lowest BCUT2D eigenvalue weighted by atomic mass is 9.59. The monoisotopic (exact) mass is 603 g/mol. The van der Waals surface area contributed by atoms with Gasteiger partial charge in [0.05, 0.1) is 30.4 Å². The summed E-state index contributed by atoms with van der Waals surface area (Å²) in [6.45, 7) is 7.85. The van der Waals surface area contributed by atoms with Gasteiger partial charge >= 0.3 is 0 Å². The first-order valence-electron chi connectivity index (χ1n) is 13.4. The van der Waals surface area contributed by atoms with Crippen molar-refractivity contribution in [2.45, 2.75) is 26.2 Å². The first kappa shape index (κ1) is 28.1. The van der Waals surface area contributed by atoms with Crippen LogP contribution in [0.5, 0.6) is 17.2 Å². The number of fused-ring (bicyclic) bond motifs is 2. The first-order chi connectivity index (χ1) is 20.0. The van der Waals surface area contributed by atoms with Crippen LogP contribution in [0, 0.1) is 18.3 Å². The third kappa shape index (κ3) is 3.90. The molecule has 10 heteroatoms. The fourth-order valence-electron chi connectivity index (χ4n) is 6.60. The van der Waals surface area contributed by atoms with Gasteiger partial charge in [0.1, 0.15) is 28.8 Å². The Morgan fingerprint density at radius 1 is 1.17 bits per heavy atom. The van der Waals surface area contributed by atoms with E-state index < -0.39 is 17.3 Å². The molecule has 1 aliphatic carbocycles. The molecule has 0 saturated carbocycles. The minimum atomic E-state index is -1.19. The molecule has 1 saturated heterocycles. The lowest BCUT2D eigenvalue weighted by molar-refractivity contribution is -0.127. The third-order valence-corrected chi connectivity index (χ3v) is 10.2. The molecule has 0 radical (unpaired) electrons. The molecule has 216 valence electrons. The molecule has 0 bridgehead atoms. The van der Waals surface area contributed by atoms with Gasteiger partial charge in [-0.25, -0.2) is 4.90 Å². The highest BCUT2D eigenvalue weighted by Crippen LogP contribution is 2.60. The van der Waals surface area contributed by atoms with Crippen molar-refractivity contribution < 1.29 is 24.2 Å². The van der Waals surface area contributed by atoms with Crippen molar-refractivity contribution in [3.8, 4) is 27.8 Å². The summed E-state index contributed by atoms with van der Waals surface area (Å²) in [6.07, 6.45) is 4.03. The van der Waals surface area contributed by atoms with Crippen LogP contribution in [-0.4, -0.2) is 40.9 Å². The number of aromatic hydroxyl groups is 1. The number of hydrogen-bond donors (Lipinski definition) is 1. The number of imide groups is 1. The van der Waals surface area contributed by atoms with Crippen LogP contribution in [0.1, 0.15) is 30.4 Å². The highest BCUT2D eigenvalue weighted by atomic mass is 35.5. The molecule has 2 aromatic heterocycles. The summed E-state index contributed by atoms with van der Waals surface area (Å²) in [4.78, 5) is 30.9. The first-order valence-corrected chi connectivity index (χ1v) is 14.6. The number of hydrogen-bond acceptors (Lipinski definition) is 7. The summed E-state index contributed by atoms with van der Waals surface area (Å²) in [5.74, 6) is -0.836. The van der Waals surface area contributed by atoms with Crippen LogP contribution in [0.3, 0.4) is 0 Å². The maximum Gasteiger partial charge on any atom is 0.242 e. The lowest BCUT2D eigenvalue weighted by Crippen LogP contribution is -2.42. The largest absolute Gasteiger partial charge is 0.508 e. The molecule has 1 fully saturated rings. The molecule has 42 heavy (non-hydrogen) atoms. The number of phenols is 1. The molecule has 1 aliphatic heterocycles. The van der Waals surface area contributed by atoms with Crippen LogP contribution in [0.2, 0.25) is 5.02 Å². The number of thiophene rings is 1. The van der Waals surface area contributed by atoms with E-state index in [4.69, 9.17) is 26.2 Å². The van der Waals surface area contributed by atoms with Gasteiger partial charge in [0.2, 0.25) is 11.8 Å². The fraction of sp³-hybridized carbons (Fsp3) is 0.281. The highest BCUT2D eigenvalue weighted by molar-refractivity contribution is 7.22. The number of methoxy groups -OCH3 is 2. The number of halogens is 1. The SMILES string of the molecule is C=CC1=CC[C@H]2C(=O)N(c3cc(-c4sc5ccc(Cl)cc5c4C)nn3C)C(=O)[C@@]2(C)[C@H]1c1c(OC)cc(O)cc1OC. The van der Waals surface area contributed by atoms with Gasteiger partial charge in [0, 0.05) is 46.5 Å². The Balaban J connectivity index is 1.48. The molecule has 1 N–H and O–H groups in total. The molecule has 8 nitrogen and oxygen atoms in total. The van der Waals surface area contributed by atoms with E-state index in [0.717, 1.165) is 26.1 Å². The topological polar surface area (TPSA) is 93.9 Å². The van der Waals surface area contributed by atoms with Gasteiger partial charge in [-0.05, 0) is 55.0 Å². The highest BCUT2D eigenvalue weighted by Gasteiger charge is 2.63. The fourth-order valence-corrected chi connectivity index (χ4v) is 7.92. The number of allylic oxidation sites excluding steroid dienone is 3. The number of anilines is 1. The molecule has 2 amide bonds. The average molecular weight is 604 g/mol. The van der Waals surface area contributed by atoms with Crippen LogP contribution < -0.4 is 14.4 Å². The standard InChI is InChI=1S/C32H30ClN3O5S/c1-7-17-8-10-21-30(38)36(31(39)32(21,3)28(17)27-23(40-5)13-19(37)14-24(27)41-6)26-15-22(34-35(26)4)29-16(2)20-12-18(33)9-11-25(20)42-29/h7-9,11-15,21,28,37H,1,10H2,2-6H3/t21-,28+,32+/m0/s1. The molecule has 3 atom stereocenters. The second-order valence-electron chi connectivity index (χ2n) is 10.9. The maximum absolute atomic E-state index is 14.6. The van der Waals surface area contributed by atoms with Gasteiger partial charge in [0.25, 0.3) is 0 Å². The Morgan fingerprint density at radius 2 is 1.86 bits per heavy atom. The van der Waals surface area contributed by atoms with Gasteiger partial charge in [-0.2, -0.15) is 5.10 Å². The minimum Gasteiger partial charge on any atom is -0.508 e. The maximum atomic E-state index is 14.6. The van der Waals surface area contributed by atoms with E-state index in [1.807, 2.05) is 38.1 Å². The summed E-state index contributed by atoms with van der Waals surface area (Å²) >= 11 is 7.84. The lowest BCUT2D eigenvalue weighted by Gasteiger charge is -2.40. The number of aryl methyl sites for hydroxylation is 2. The zero-order valence-electron chi connectivity index (χ0n) is 23.9. The van der Waals surface area contributed by atoms with Crippen molar-refractivity contribution in [1.29, 1.82) is 0 Å². The van der Waals surface area contributed by atoms with Crippen molar-refractivity contribution in [3.05, 3.63) is 76.9 Å². The molecule has 2 aliphatic rings. The van der Waals surface area contributed by atoms with Crippen LogP contribution >= 0.6 is 22.9 Å². The van der Waals surface area contributed by atoms with E-state index in [0.29, 0.717) is 40.0 Å². The van der Waals surface area contributed by atoms with Gasteiger partial charge in [-0.1, -0.05) is 30.3 Å². The van der Waals surface area contributed by atoms with Gasteiger partial charge in [-0.15, -0.1) is 11.3 Å². The number of carbonyl (C=O) groups excluding carboxylic acids is 2. The van der Waals surface area contributed by atoms with Crippen LogP contribution in [-0.2, 0) is 16.6 Å². The van der Waals surface area contributed by atoms with E-state index in [9.17, 15) is 14.7 Å². The number of phenolic OH excluding ortho intramolecular Hbond substituents is 1. The molecular formula is C32H30ClN3O5S. The second-order valence-corrected chi connectivity index (χ2v) is 12.4. The van der Waals surface area contributed by atoms with Gasteiger partial charge in [0.15, 0.2) is 0 Å². The summed E-state index contributed by atoms with van der Waals surface area (Å²) in [6, 6.07) is 10.5. The Bertz CT molecular complexity index is 1810. The summed E-state index contributed by atoms with van der Waals surface area (Å²) in [5, 5.41) is 16.7. The van der Waals surface area contributed by atoms with E-state index in [-0.39, 0.29) is 17.6 Å². The smallest absolute Gasteiger partial charge is 0.242 e. The molecule has 2 aromatic carbocycles. The van der Waals surface area contributed by atoms with Crippen LogP contribution in [0.25, 0.3) is 20.7 Å². The number of rotatable bonds is 6. The number of nitrogens with zero attached hydrogens (tertiary/aromatic N) is 3. The Hall–Kier alpha value is -4.08. The molecule has 4 aromatic rings. The quantitative estimate of drug-likeness (QED) is 0.244. The average Bonchev–Trinajstić information content (AvgIpc) is 3.56. The minimum absolute atomic E-state index is 0.0363. The molecule has 3 heterocycles. The normalized spacial score (nSPS) is 22.0. The predicted octanol–water partition coefficient (Wildman–Crippen LogP) is 6.78. The Kier molecular flexibility index (Phi) is 6.70. The van der Waals surface area contributed by atoms with E-state index in [1.54, 1.807) is 35.2 Å². The molecule has 0 unspecified atom stereocenters. The van der Waals surface area contributed by atoms with Crippen molar-refractivity contribution in [2.75, 3.05) is 19.1 Å². The zero-order chi connectivity index (χ0) is 30.1. The van der Waals surface area contributed by atoms with E-state index in [2.05, 4.69) is 6.58 Å². The second kappa shape index (κ2) is 10.0. The Morgan fingerprint density at radius 3 is 2.50 bits per heavy atom. The molecule has 0 spiro atoms. The number of aromatic nitrogens is 2. The number of ether oxygens (including phenoxy) is 2. The van der Waals surface area contributed by atoms with Gasteiger partial charge in [-0.3, -0.25) is 14.3 Å². The third-order valence-electron chi connectivity index (χ3n) is 8.70. The predicted molar refractivity (Wildman–Crippen MR) is 165 cm³/mol. The molecule has 6 rings (SSSR count). The van der Waals surface area contributed by atoms with Gasteiger partial charge < -0.3 is 14.6 Å². The Labute approximate surface area is 252 Å². The van der Waals surface area contributed by atoms with Crippen molar-refractivity contribution in [2.24, 2.45) is 18.4 Å². The number of amides is 2. The van der Waals surface area contributed by atoms with E-state index in [1.165, 1.54) is 31.3 Å². The number of carbonyl (C=O) groups is 2. The van der Waals surface area contributed by atoms with Crippen LogP contribution in [0.15, 0.2) is 60.7 Å². The van der Waals surface area contributed by atoms with Crippen molar-refractivity contribution in [1.82, 2.24) is 9.78 Å². The molecular weight excluding hydrogens is 574 g/mol. The summed E-state index contributed by atoms with van der Waals surface area (Å²) in [5.41, 5.74) is 1.87. The van der Waals surface area contributed by atoms with Crippen molar-refractivity contribution in [3.63, 3.8) is 0 Å². The zero-order valence-corrected chi connectivity index (χ0v) is 25.5.